The maximum absolute atomic E-state index is 5.34. The van der Waals surface area contributed by atoms with Crippen LogP contribution in [0.2, 0.25) is 0 Å². The molecule has 3 nitrogen and oxygen atoms in total. The van der Waals surface area contributed by atoms with Gasteiger partial charge in [0.1, 0.15) is 5.75 Å². The first-order chi connectivity index (χ1) is 13.0. The highest BCUT2D eigenvalue weighted by molar-refractivity contribution is 5.85. The topological polar surface area (TPSA) is 15.7 Å². The normalized spacial score (nSPS) is 12.5. The molecule has 0 heterocycles. The molecule has 0 aliphatic heterocycles. The number of fused-ring (bicyclic) bond motifs is 3. The van der Waals surface area contributed by atoms with Crippen LogP contribution in [0.1, 0.15) is 22.6 Å². The molecule has 138 valence electrons. The average Bonchev–Trinajstić information content (AvgIpc) is 3.01. The van der Waals surface area contributed by atoms with E-state index in [4.69, 9.17) is 4.74 Å². The zero-order chi connectivity index (χ0) is 19.1. The third kappa shape index (κ3) is 2.93. The Balaban J connectivity index is 1.91. The smallest absolute Gasteiger partial charge is 0.118 e. The number of methoxy groups -OCH3 is 1. The van der Waals surface area contributed by atoms with Gasteiger partial charge in [0, 0.05) is 45.5 Å². The summed E-state index contributed by atoms with van der Waals surface area (Å²) in [4.78, 5) is 4.33. The van der Waals surface area contributed by atoms with Gasteiger partial charge in [-0.3, -0.25) is 0 Å². The van der Waals surface area contributed by atoms with Crippen molar-refractivity contribution in [3.8, 4) is 16.9 Å². The fourth-order valence-corrected chi connectivity index (χ4v) is 3.94. The van der Waals surface area contributed by atoms with E-state index < -0.39 is 0 Å². The number of hydrogen-bond donors (Lipinski definition) is 0. The highest BCUT2D eigenvalue weighted by Crippen LogP contribution is 2.50. The molecule has 1 aliphatic rings. The molecule has 3 aromatic rings. The van der Waals surface area contributed by atoms with Crippen LogP contribution in [0.3, 0.4) is 0 Å². The van der Waals surface area contributed by atoms with Crippen molar-refractivity contribution in [3.05, 3.63) is 77.4 Å². The first-order valence-corrected chi connectivity index (χ1v) is 9.26. The summed E-state index contributed by atoms with van der Waals surface area (Å²) >= 11 is 0. The molecular formula is C24H26N2O. The number of ether oxygens (including phenoxy) is 1. The second-order valence-corrected chi connectivity index (χ2v) is 7.54. The molecule has 3 heteroatoms. The summed E-state index contributed by atoms with van der Waals surface area (Å²) in [6.07, 6.45) is 0. The van der Waals surface area contributed by atoms with Gasteiger partial charge in [0.15, 0.2) is 0 Å². The van der Waals surface area contributed by atoms with Crippen LogP contribution in [-0.2, 0) is 0 Å². The molecule has 0 spiro atoms. The molecule has 0 aromatic heterocycles. The standard InChI is InChI=1S/C24H26N2O/c1-25(2)17-8-12-20-22(14-17)23-15-18(26(3)4)9-13-21(23)24(20)16-6-10-19(27-5)11-7-16/h6-15,24H,1-5H3. The lowest BCUT2D eigenvalue weighted by Crippen LogP contribution is -2.09. The summed E-state index contributed by atoms with van der Waals surface area (Å²) in [5, 5.41) is 0. The highest BCUT2D eigenvalue weighted by atomic mass is 16.5. The Labute approximate surface area is 161 Å². The molecule has 4 rings (SSSR count). The number of benzene rings is 3. The van der Waals surface area contributed by atoms with Crippen LogP contribution in [0.5, 0.6) is 5.75 Å². The Morgan fingerprint density at radius 1 is 0.667 bits per heavy atom. The molecule has 0 bridgehead atoms. The van der Waals surface area contributed by atoms with Crippen molar-refractivity contribution in [2.24, 2.45) is 0 Å². The number of hydrogen-bond acceptors (Lipinski definition) is 3. The Hall–Kier alpha value is -2.94. The molecule has 0 amide bonds. The van der Waals surface area contributed by atoms with E-state index in [2.05, 4.69) is 98.7 Å². The lowest BCUT2D eigenvalue weighted by Gasteiger charge is -2.17. The van der Waals surface area contributed by atoms with Crippen molar-refractivity contribution in [2.75, 3.05) is 45.1 Å². The number of anilines is 2. The van der Waals surface area contributed by atoms with Gasteiger partial charge in [-0.2, -0.15) is 0 Å². The van der Waals surface area contributed by atoms with Gasteiger partial charge >= 0.3 is 0 Å². The molecule has 3 aromatic carbocycles. The van der Waals surface area contributed by atoms with Gasteiger partial charge in [-0.15, -0.1) is 0 Å². The summed E-state index contributed by atoms with van der Waals surface area (Å²) < 4.78 is 5.34. The van der Waals surface area contributed by atoms with Gasteiger partial charge in [-0.1, -0.05) is 24.3 Å². The summed E-state index contributed by atoms with van der Waals surface area (Å²) in [5.41, 5.74) is 9.16. The number of rotatable bonds is 4. The highest BCUT2D eigenvalue weighted by Gasteiger charge is 2.30. The van der Waals surface area contributed by atoms with E-state index in [1.165, 1.54) is 39.2 Å². The summed E-state index contributed by atoms with van der Waals surface area (Å²) in [7, 11) is 10.1. The zero-order valence-electron chi connectivity index (χ0n) is 16.7. The predicted molar refractivity (Wildman–Crippen MR) is 114 cm³/mol. The van der Waals surface area contributed by atoms with Gasteiger partial charge in [-0.25, -0.2) is 0 Å². The van der Waals surface area contributed by atoms with Crippen LogP contribution in [0.4, 0.5) is 11.4 Å². The SMILES string of the molecule is COc1ccc(C2c3ccc(N(C)C)cc3-c3cc(N(C)C)ccc32)cc1. The van der Waals surface area contributed by atoms with Crippen molar-refractivity contribution in [3.63, 3.8) is 0 Å². The molecule has 0 unspecified atom stereocenters. The van der Waals surface area contributed by atoms with Crippen molar-refractivity contribution in [1.29, 1.82) is 0 Å². The Bertz CT molecular complexity index is 917. The van der Waals surface area contributed by atoms with Crippen LogP contribution >= 0.6 is 0 Å². The summed E-state index contributed by atoms with van der Waals surface area (Å²) in [6, 6.07) is 22.1. The van der Waals surface area contributed by atoms with Gasteiger partial charge in [0.2, 0.25) is 0 Å². The van der Waals surface area contributed by atoms with Crippen LogP contribution < -0.4 is 14.5 Å². The Morgan fingerprint density at radius 2 is 1.15 bits per heavy atom. The van der Waals surface area contributed by atoms with Gasteiger partial charge in [0.05, 0.1) is 7.11 Å². The van der Waals surface area contributed by atoms with Crippen molar-refractivity contribution in [1.82, 2.24) is 0 Å². The van der Waals surface area contributed by atoms with E-state index in [0.717, 1.165) is 5.75 Å². The zero-order valence-corrected chi connectivity index (χ0v) is 16.7. The van der Waals surface area contributed by atoms with E-state index in [1.807, 2.05) is 0 Å². The van der Waals surface area contributed by atoms with Gasteiger partial charge in [0.25, 0.3) is 0 Å². The second-order valence-electron chi connectivity index (χ2n) is 7.54. The van der Waals surface area contributed by atoms with E-state index in [0.29, 0.717) is 0 Å². The average molecular weight is 358 g/mol. The lowest BCUT2D eigenvalue weighted by molar-refractivity contribution is 0.414. The fraction of sp³-hybridized carbons (Fsp3) is 0.250. The second kappa shape index (κ2) is 6.66. The van der Waals surface area contributed by atoms with E-state index >= 15 is 0 Å². The van der Waals surface area contributed by atoms with E-state index in [9.17, 15) is 0 Å². The molecule has 0 saturated heterocycles. The Kier molecular flexibility index (Phi) is 4.31. The fourth-order valence-electron chi connectivity index (χ4n) is 3.94. The van der Waals surface area contributed by atoms with E-state index in [1.54, 1.807) is 7.11 Å². The molecule has 27 heavy (non-hydrogen) atoms. The van der Waals surface area contributed by atoms with Crippen LogP contribution in [0.15, 0.2) is 60.7 Å². The third-order valence-corrected chi connectivity index (χ3v) is 5.47. The molecule has 1 aliphatic carbocycles. The molecule has 0 fully saturated rings. The molecule has 0 saturated carbocycles. The largest absolute Gasteiger partial charge is 0.497 e. The Morgan fingerprint density at radius 3 is 1.56 bits per heavy atom. The number of nitrogens with zero attached hydrogens (tertiary/aromatic N) is 2. The third-order valence-electron chi connectivity index (χ3n) is 5.47. The van der Waals surface area contributed by atoms with Crippen molar-refractivity contribution < 1.29 is 4.74 Å². The van der Waals surface area contributed by atoms with Crippen LogP contribution in [0, 0.1) is 0 Å². The van der Waals surface area contributed by atoms with E-state index in [-0.39, 0.29) is 5.92 Å². The maximum atomic E-state index is 5.34. The van der Waals surface area contributed by atoms with Crippen molar-refractivity contribution >= 4 is 11.4 Å². The monoisotopic (exact) mass is 358 g/mol. The summed E-state index contributed by atoms with van der Waals surface area (Å²) in [6.45, 7) is 0. The quantitative estimate of drug-likeness (QED) is 0.511. The summed E-state index contributed by atoms with van der Waals surface area (Å²) in [5.74, 6) is 1.15. The molecule has 0 atom stereocenters. The van der Waals surface area contributed by atoms with Crippen molar-refractivity contribution in [2.45, 2.75) is 5.92 Å². The molecular weight excluding hydrogens is 332 g/mol. The van der Waals surface area contributed by atoms with Gasteiger partial charge in [-0.05, 0) is 64.2 Å². The molecule has 0 radical (unpaired) electrons. The minimum absolute atomic E-state index is 0.258. The first kappa shape index (κ1) is 17.5. The van der Waals surface area contributed by atoms with Gasteiger partial charge < -0.3 is 14.5 Å². The predicted octanol–water partition coefficient (Wildman–Crippen LogP) is 4.99. The lowest BCUT2D eigenvalue weighted by atomic mass is 9.89. The van der Waals surface area contributed by atoms with Crippen LogP contribution in [-0.4, -0.2) is 35.3 Å². The first-order valence-electron chi connectivity index (χ1n) is 9.26. The minimum Gasteiger partial charge on any atom is -0.497 e. The van der Waals surface area contributed by atoms with Crippen LogP contribution in [0.25, 0.3) is 11.1 Å². The molecule has 0 N–H and O–H groups in total. The minimum atomic E-state index is 0.258. The maximum Gasteiger partial charge on any atom is 0.118 e.